The van der Waals surface area contributed by atoms with E-state index in [0.29, 0.717) is 5.89 Å². The van der Waals surface area contributed by atoms with Gasteiger partial charge in [-0.05, 0) is 19.3 Å². The summed E-state index contributed by atoms with van der Waals surface area (Å²) in [4.78, 5) is 4.01. The van der Waals surface area contributed by atoms with Crippen LogP contribution in [0, 0.1) is 0 Å². The molecule has 0 unspecified atom stereocenters. The minimum atomic E-state index is -3.12. The number of rotatable bonds is 3. The van der Waals surface area contributed by atoms with Crippen LogP contribution in [0.2, 0.25) is 0 Å². The lowest BCUT2D eigenvalue weighted by atomic mass is 9.78. The Morgan fingerprint density at radius 1 is 1.53 bits per heavy atom. The van der Waals surface area contributed by atoms with Gasteiger partial charge in [0.1, 0.15) is 5.75 Å². The monoisotopic (exact) mass is 231 g/mol. The second kappa shape index (κ2) is 3.28. The molecular formula is C8H13N3O3S. The fraction of sp³-hybridized carbons (Fsp3) is 0.750. The van der Waals surface area contributed by atoms with Crippen LogP contribution in [0.1, 0.15) is 31.0 Å². The zero-order valence-electron chi connectivity index (χ0n) is 8.43. The van der Waals surface area contributed by atoms with Crippen LogP contribution in [-0.4, -0.2) is 24.8 Å². The summed E-state index contributed by atoms with van der Waals surface area (Å²) in [6, 6.07) is 0. The minimum Gasteiger partial charge on any atom is -0.337 e. The van der Waals surface area contributed by atoms with Gasteiger partial charge in [-0.15, -0.1) is 0 Å². The van der Waals surface area contributed by atoms with Gasteiger partial charge in [0, 0.05) is 6.26 Å². The third-order valence-corrected chi connectivity index (χ3v) is 3.31. The Labute approximate surface area is 87.8 Å². The topological polar surface area (TPSA) is 99.1 Å². The van der Waals surface area contributed by atoms with E-state index in [1.165, 1.54) is 0 Å². The number of nitrogens with zero attached hydrogens (tertiary/aromatic N) is 2. The molecule has 0 radical (unpaired) electrons. The first-order valence-corrected chi connectivity index (χ1v) is 6.75. The fourth-order valence-corrected chi connectivity index (χ4v) is 2.11. The summed E-state index contributed by atoms with van der Waals surface area (Å²) in [5.74, 6) is 0.337. The maximum absolute atomic E-state index is 11.0. The maximum atomic E-state index is 11.0. The molecule has 1 aromatic rings. The van der Waals surface area contributed by atoms with Gasteiger partial charge in [-0.1, -0.05) is 5.16 Å². The fourth-order valence-electron chi connectivity index (χ4n) is 1.52. The Bertz CT molecular complexity index is 461. The average molecular weight is 231 g/mol. The van der Waals surface area contributed by atoms with Crippen molar-refractivity contribution in [3.63, 3.8) is 0 Å². The van der Waals surface area contributed by atoms with Crippen LogP contribution in [-0.2, 0) is 21.1 Å². The highest BCUT2D eigenvalue weighted by molar-refractivity contribution is 7.89. The molecule has 0 saturated heterocycles. The largest absolute Gasteiger partial charge is 0.337 e. The van der Waals surface area contributed by atoms with E-state index in [9.17, 15) is 8.42 Å². The van der Waals surface area contributed by atoms with Gasteiger partial charge >= 0.3 is 0 Å². The van der Waals surface area contributed by atoms with E-state index in [0.717, 1.165) is 25.5 Å². The normalized spacial score (nSPS) is 19.9. The molecule has 0 aliphatic heterocycles. The number of aromatic nitrogens is 2. The first-order chi connectivity index (χ1) is 6.89. The predicted molar refractivity (Wildman–Crippen MR) is 52.6 cm³/mol. The van der Waals surface area contributed by atoms with E-state index in [2.05, 4.69) is 10.1 Å². The summed E-state index contributed by atoms with van der Waals surface area (Å²) in [5.41, 5.74) is 5.43. The quantitative estimate of drug-likeness (QED) is 0.783. The molecule has 1 aliphatic carbocycles. The summed E-state index contributed by atoms with van der Waals surface area (Å²) < 4.78 is 26.9. The van der Waals surface area contributed by atoms with E-state index in [1.807, 2.05) is 0 Å². The van der Waals surface area contributed by atoms with Crippen LogP contribution in [0.3, 0.4) is 0 Å². The summed E-state index contributed by atoms with van der Waals surface area (Å²) in [6.45, 7) is 0. The van der Waals surface area contributed by atoms with Gasteiger partial charge in [-0.3, -0.25) is 0 Å². The zero-order chi connectivity index (χ0) is 11.1. The van der Waals surface area contributed by atoms with Gasteiger partial charge in [0.05, 0.1) is 5.54 Å². The highest BCUT2D eigenvalue weighted by atomic mass is 32.2. The predicted octanol–water partition coefficient (Wildman–Crippen LogP) is -0.0479. The van der Waals surface area contributed by atoms with Gasteiger partial charge in [-0.2, -0.15) is 4.98 Å². The Hall–Kier alpha value is -0.950. The number of hydrogen-bond donors (Lipinski definition) is 1. The van der Waals surface area contributed by atoms with Crippen molar-refractivity contribution in [3.05, 3.63) is 11.7 Å². The van der Waals surface area contributed by atoms with Crippen molar-refractivity contribution in [2.45, 2.75) is 30.6 Å². The second-order valence-corrected chi connectivity index (χ2v) is 6.24. The Morgan fingerprint density at radius 2 is 2.20 bits per heavy atom. The smallest absolute Gasteiger partial charge is 0.246 e. The molecule has 6 nitrogen and oxygen atoms in total. The lowest BCUT2D eigenvalue weighted by Gasteiger charge is -2.33. The van der Waals surface area contributed by atoms with E-state index in [-0.39, 0.29) is 11.6 Å². The Kier molecular flexibility index (Phi) is 2.31. The molecule has 7 heteroatoms. The molecule has 2 N–H and O–H groups in total. The summed E-state index contributed by atoms with van der Waals surface area (Å²) in [7, 11) is -3.12. The van der Waals surface area contributed by atoms with Crippen molar-refractivity contribution in [1.29, 1.82) is 0 Å². The molecule has 0 bridgehead atoms. The standard InChI is InChI=1S/C8H13N3O3S/c1-15(12,13)5-6-10-7(14-11-6)8(9)3-2-4-8/h2-5,9H2,1H3. The van der Waals surface area contributed by atoms with Gasteiger partial charge < -0.3 is 10.3 Å². The van der Waals surface area contributed by atoms with Crippen molar-refractivity contribution in [2.75, 3.05) is 6.26 Å². The molecular weight excluding hydrogens is 218 g/mol. The SMILES string of the molecule is CS(=O)(=O)Cc1noc(C2(N)CCC2)n1. The van der Waals surface area contributed by atoms with Crippen molar-refractivity contribution in [2.24, 2.45) is 5.73 Å². The van der Waals surface area contributed by atoms with Gasteiger partial charge in [0.25, 0.3) is 0 Å². The zero-order valence-corrected chi connectivity index (χ0v) is 9.25. The van der Waals surface area contributed by atoms with Crippen LogP contribution in [0.5, 0.6) is 0 Å². The van der Waals surface area contributed by atoms with Crippen molar-refractivity contribution < 1.29 is 12.9 Å². The molecule has 84 valence electrons. The third-order valence-electron chi connectivity index (χ3n) is 2.53. The van der Waals surface area contributed by atoms with Crippen LogP contribution in [0.25, 0.3) is 0 Å². The van der Waals surface area contributed by atoms with Crippen molar-refractivity contribution in [3.8, 4) is 0 Å². The molecule has 2 rings (SSSR count). The highest BCUT2D eigenvalue weighted by Gasteiger charge is 2.39. The first kappa shape index (κ1) is 10.6. The van der Waals surface area contributed by atoms with Gasteiger partial charge in [0.15, 0.2) is 15.7 Å². The summed E-state index contributed by atoms with van der Waals surface area (Å²) in [5, 5.41) is 3.60. The van der Waals surface area contributed by atoms with E-state index >= 15 is 0 Å². The van der Waals surface area contributed by atoms with E-state index in [1.54, 1.807) is 0 Å². The molecule has 1 aliphatic rings. The summed E-state index contributed by atoms with van der Waals surface area (Å²) in [6.07, 6.45) is 3.80. The number of hydrogen-bond acceptors (Lipinski definition) is 6. The molecule has 0 atom stereocenters. The van der Waals surface area contributed by atoms with Gasteiger partial charge in [0.2, 0.25) is 5.89 Å². The molecule has 1 heterocycles. The highest BCUT2D eigenvalue weighted by Crippen LogP contribution is 2.37. The van der Waals surface area contributed by atoms with Crippen LogP contribution in [0.15, 0.2) is 4.52 Å². The molecule has 1 aromatic heterocycles. The molecule has 0 amide bonds. The molecule has 0 aromatic carbocycles. The van der Waals surface area contributed by atoms with Crippen LogP contribution >= 0.6 is 0 Å². The number of sulfone groups is 1. The average Bonchev–Trinajstić information content (AvgIpc) is 2.45. The van der Waals surface area contributed by atoms with E-state index in [4.69, 9.17) is 10.3 Å². The number of nitrogens with two attached hydrogens (primary N) is 1. The Morgan fingerprint density at radius 3 is 2.67 bits per heavy atom. The summed E-state index contributed by atoms with van der Waals surface area (Å²) >= 11 is 0. The second-order valence-electron chi connectivity index (χ2n) is 4.10. The van der Waals surface area contributed by atoms with Crippen LogP contribution < -0.4 is 5.73 Å². The van der Waals surface area contributed by atoms with Crippen molar-refractivity contribution in [1.82, 2.24) is 10.1 Å². The van der Waals surface area contributed by atoms with Crippen molar-refractivity contribution >= 4 is 9.84 Å². The van der Waals surface area contributed by atoms with Crippen LogP contribution in [0.4, 0.5) is 0 Å². The minimum absolute atomic E-state index is 0.184. The third kappa shape index (κ3) is 2.18. The maximum Gasteiger partial charge on any atom is 0.246 e. The Balaban J connectivity index is 2.17. The van der Waals surface area contributed by atoms with Gasteiger partial charge in [-0.25, -0.2) is 8.42 Å². The molecule has 15 heavy (non-hydrogen) atoms. The van der Waals surface area contributed by atoms with E-state index < -0.39 is 15.4 Å². The lowest BCUT2D eigenvalue weighted by molar-refractivity contribution is 0.181. The first-order valence-electron chi connectivity index (χ1n) is 4.69. The molecule has 0 spiro atoms. The lowest BCUT2D eigenvalue weighted by Crippen LogP contribution is -2.43. The molecule has 1 fully saturated rings. The molecule has 1 saturated carbocycles.